The minimum Gasteiger partial charge on any atom is -0.345 e. The molecule has 1 aliphatic heterocycles. The molecule has 0 saturated carbocycles. The summed E-state index contributed by atoms with van der Waals surface area (Å²) in [6.07, 6.45) is 0.0108. The average Bonchev–Trinajstić information content (AvgIpc) is 3.17. The van der Waals surface area contributed by atoms with Crippen molar-refractivity contribution in [2.75, 3.05) is 36.8 Å². The summed E-state index contributed by atoms with van der Waals surface area (Å²) in [4.78, 5) is 21.6. The predicted molar refractivity (Wildman–Crippen MR) is 121 cm³/mol. The van der Waals surface area contributed by atoms with Crippen molar-refractivity contribution >= 4 is 42.4 Å². The van der Waals surface area contributed by atoms with Gasteiger partial charge in [-0.25, -0.2) is 13.4 Å². The van der Waals surface area contributed by atoms with E-state index in [1.807, 2.05) is 0 Å². The van der Waals surface area contributed by atoms with Crippen molar-refractivity contribution < 1.29 is 13.2 Å². The van der Waals surface area contributed by atoms with Crippen LogP contribution in [0.2, 0.25) is 0 Å². The van der Waals surface area contributed by atoms with Crippen molar-refractivity contribution in [3.05, 3.63) is 53.6 Å². The van der Waals surface area contributed by atoms with E-state index in [1.54, 1.807) is 46.6 Å². The maximum atomic E-state index is 12.6. The van der Waals surface area contributed by atoms with E-state index in [9.17, 15) is 13.2 Å². The van der Waals surface area contributed by atoms with E-state index in [4.69, 9.17) is 4.98 Å². The van der Waals surface area contributed by atoms with Gasteiger partial charge in [0.2, 0.25) is 5.91 Å². The zero-order valence-electron chi connectivity index (χ0n) is 17.2. The van der Waals surface area contributed by atoms with Gasteiger partial charge in [0.25, 0.3) is 0 Å². The zero-order chi connectivity index (χ0) is 21.3. The average molecular weight is 444 g/mol. The van der Waals surface area contributed by atoms with E-state index < -0.39 is 9.84 Å². The van der Waals surface area contributed by atoms with Crippen LogP contribution in [-0.4, -0.2) is 56.1 Å². The maximum Gasteiger partial charge on any atom is 0.223 e. The van der Waals surface area contributed by atoms with Gasteiger partial charge in [-0.15, -0.1) is 0 Å². The van der Waals surface area contributed by atoms with Gasteiger partial charge >= 0.3 is 0 Å². The number of nitrogens with zero attached hydrogens (tertiary/aromatic N) is 3. The third kappa shape index (κ3) is 4.34. The topological polar surface area (TPSA) is 70.6 Å². The SMILES string of the molecule is Cc1cc(C)c2sc(N3CCN(C(=O)CCS(=O)(=O)c4ccccc4)CC3)nc2c1. The monoisotopic (exact) mass is 443 g/mol. The van der Waals surface area contributed by atoms with E-state index in [2.05, 4.69) is 30.9 Å². The lowest BCUT2D eigenvalue weighted by Crippen LogP contribution is -2.49. The molecule has 6 nitrogen and oxygen atoms in total. The molecule has 0 unspecified atom stereocenters. The Kier molecular flexibility index (Phi) is 5.79. The Bertz CT molecular complexity index is 1170. The van der Waals surface area contributed by atoms with Crippen LogP contribution in [0.3, 0.4) is 0 Å². The number of carbonyl (C=O) groups is 1. The molecule has 158 valence electrons. The third-order valence-electron chi connectivity index (χ3n) is 5.40. The van der Waals surface area contributed by atoms with E-state index in [0.717, 1.165) is 10.6 Å². The second-order valence-corrected chi connectivity index (χ2v) is 10.8. The molecule has 1 aromatic heterocycles. The van der Waals surface area contributed by atoms with Gasteiger partial charge in [0, 0.05) is 32.6 Å². The molecule has 2 aromatic carbocycles. The first-order valence-corrected chi connectivity index (χ1v) is 12.5. The molecule has 0 bridgehead atoms. The fourth-order valence-electron chi connectivity index (χ4n) is 3.77. The molecule has 1 fully saturated rings. The molecular weight excluding hydrogens is 418 g/mol. The molecule has 4 rings (SSSR count). The number of rotatable bonds is 5. The number of thiazole rings is 1. The molecule has 1 aliphatic rings. The fraction of sp³-hybridized carbons (Fsp3) is 0.364. The second-order valence-electron chi connectivity index (χ2n) is 7.68. The highest BCUT2D eigenvalue weighted by molar-refractivity contribution is 7.91. The molecule has 1 saturated heterocycles. The second kappa shape index (κ2) is 8.35. The van der Waals surface area contributed by atoms with Crippen molar-refractivity contribution in [1.82, 2.24) is 9.88 Å². The van der Waals surface area contributed by atoms with Crippen molar-refractivity contribution in [3.8, 4) is 0 Å². The van der Waals surface area contributed by atoms with Gasteiger partial charge in [0.15, 0.2) is 15.0 Å². The predicted octanol–water partition coefficient (Wildman–Crippen LogP) is 3.43. The number of amides is 1. The Morgan fingerprint density at radius 2 is 1.77 bits per heavy atom. The van der Waals surface area contributed by atoms with Crippen LogP contribution in [0, 0.1) is 13.8 Å². The smallest absolute Gasteiger partial charge is 0.223 e. The highest BCUT2D eigenvalue weighted by Crippen LogP contribution is 2.32. The Morgan fingerprint density at radius 1 is 1.07 bits per heavy atom. The van der Waals surface area contributed by atoms with Crippen LogP contribution in [0.1, 0.15) is 17.5 Å². The molecule has 30 heavy (non-hydrogen) atoms. The zero-order valence-corrected chi connectivity index (χ0v) is 18.8. The van der Waals surface area contributed by atoms with Gasteiger partial charge in [-0.1, -0.05) is 35.6 Å². The Morgan fingerprint density at radius 3 is 2.47 bits per heavy atom. The van der Waals surface area contributed by atoms with Crippen LogP contribution in [0.4, 0.5) is 5.13 Å². The number of benzene rings is 2. The van der Waals surface area contributed by atoms with Crippen molar-refractivity contribution in [1.29, 1.82) is 0 Å². The number of fused-ring (bicyclic) bond motifs is 1. The van der Waals surface area contributed by atoms with Gasteiger partial charge in [-0.3, -0.25) is 4.79 Å². The Labute approximate surface area is 181 Å². The van der Waals surface area contributed by atoms with E-state index in [-0.39, 0.29) is 23.0 Å². The molecule has 1 amide bonds. The summed E-state index contributed by atoms with van der Waals surface area (Å²) in [5, 5.41) is 0.984. The number of hydrogen-bond acceptors (Lipinski definition) is 6. The van der Waals surface area contributed by atoms with Gasteiger partial charge in [-0.05, 0) is 43.2 Å². The number of hydrogen-bond donors (Lipinski definition) is 0. The Balaban J connectivity index is 1.35. The normalized spacial score (nSPS) is 15.0. The molecule has 0 spiro atoms. The number of carbonyl (C=O) groups excluding carboxylic acids is 1. The molecule has 8 heteroatoms. The molecule has 0 N–H and O–H groups in total. The number of sulfone groups is 1. The van der Waals surface area contributed by atoms with Gasteiger partial charge in [0.1, 0.15) is 0 Å². The highest BCUT2D eigenvalue weighted by atomic mass is 32.2. The van der Waals surface area contributed by atoms with Crippen molar-refractivity contribution in [3.63, 3.8) is 0 Å². The minimum absolute atomic E-state index is 0.0108. The first-order chi connectivity index (χ1) is 14.3. The number of anilines is 1. The van der Waals surface area contributed by atoms with Crippen LogP contribution < -0.4 is 4.90 Å². The first-order valence-electron chi connectivity index (χ1n) is 10.0. The largest absolute Gasteiger partial charge is 0.345 e. The summed E-state index contributed by atoms with van der Waals surface area (Å²) < 4.78 is 26.0. The molecule has 0 atom stereocenters. The lowest BCUT2D eigenvalue weighted by atomic mass is 10.1. The summed E-state index contributed by atoms with van der Waals surface area (Å²) in [5.74, 6) is -0.267. The van der Waals surface area contributed by atoms with E-state index in [1.165, 1.54) is 15.8 Å². The summed E-state index contributed by atoms with van der Waals surface area (Å²) in [6, 6.07) is 12.6. The molecule has 2 heterocycles. The van der Waals surface area contributed by atoms with Crippen LogP contribution in [0.25, 0.3) is 10.2 Å². The molecule has 0 radical (unpaired) electrons. The fourth-order valence-corrected chi connectivity index (χ4v) is 6.09. The summed E-state index contributed by atoms with van der Waals surface area (Å²) in [7, 11) is -3.44. The summed E-state index contributed by atoms with van der Waals surface area (Å²) in [5.41, 5.74) is 3.47. The molecule has 3 aromatic rings. The third-order valence-corrected chi connectivity index (χ3v) is 8.40. The van der Waals surface area contributed by atoms with Crippen molar-refractivity contribution in [2.24, 2.45) is 0 Å². The standard InChI is InChI=1S/C22H25N3O3S2/c1-16-14-17(2)21-19(15-16)23-22(29-21)25-11-9-24(10-12-25)20(26)8-13-30(27,28)18-6-4-3-5-7-18/h3-7,14-15H,8-13H2,1-2H3. The van der Waals surface area contributed by atoms with Crippen LogP contribution in [0.15, 0.2) is 47.4 Å². The molecule has 0 aliphatic carbocycles. The van der Waals surface area contributed by atoms with Gasteiger partial charge in [-0.2, -0.15) is 0 Å². The van der Waals surface area contributed by atoms with Gasteiger partial charge < -0.3 is 9.80 Å². The number of piperazine rings is 1. The quantitative estimate of drug-likeness (QED) is 0.604. The minimum atomic E-state index is -3.44. The number of aromatic nitrogens is 1. The first kappa shape index (κ1) is 20.8. The van der Waals surface area contributed by atoms with Crippen LogP contribution >= 0.6 is 11.3 Å². The highest BCUT2D eigenvalue weighted by Gasteiger charge is 2.25. The lowest BCUT2D eigenvalue weighted by Gasteiger charge is -2.34. The maximum absolute atomic E-state index is 12.6. The Hall–Kier alpha value is -2.45. The molecular formula is C22H25N3O3S2. The van der Waals surface area contributed by atoms with Gasteiger partial charge in [0.05, 0.1) is 20.9 Å². The number of aryl methyl sites for hydroxylation is 2. The van der Waals surface area contributed by atoms with E-state index >= 15 is 0 Å². The lowest BCUT2D eigenvalue weighted by molar-refractivity contribution is -0.131. The van der Waals surface area contributed by atoms with E-state index in [0.29, 0.717) is 26.2 Å². The van der Waals surface area contributed by atoms with Crippen molar-refractivity contribution in [2.45, 2.75) is 25.2 Å². The summed E-state index contributed by atoms with van der Waals surface area (Å²) in [6.45, 7) is 6.76. The summed E-state index contributed by atoms with van der Waals surface area (Å²) >= 11 is 1.69. The van der Waals surface area contributed by atoms with Crippen LogP contribution in [0.5, 0.6) is 0 Å². The van der Waals surface area contributed by atoms with Crippen LogP contribution in [-0.2, 0) is 14.6 Å².